The van der Waals surface area contributed by atoms with Gasteiger partial charge in [-0.3, -0.25) is 4.79 Å². The number of aromatic carboxylic acids is 1. The van der Waals surface area contributed by atoms with Crippen LogP contribution in [0.25, 0.3) is 0 Å². The summed E-state index contributed by atoms with van der Waals surface area (Å²) in [5.41, 5.74) is 0.241. The average molecular weight is 373 g/mol. The quantitative estimate of drug-likeness (QED) is 0.863. The third kappa shape index (κ3) is 3.64. The number of amides is 1. The number of rotatable bonds is 4. The Morgan fingerprint density at radius 2 is 2.19 bits per heavy atom. The minimum Gasteiger partial charge on any atom is -0.476 e. The number of thiazole rings is 1. The van der Waals surface area contributed by atoms with Crippen molar-refractivity contribution in [3.8, 4) is 0 Å². The molecule has 110 valence electrons. The lowest BCUT2D eigenvalue weighted by atomic mass is 10.2. The molecule has 1 amide bonds. The largest absolute Gasteiger partial charge is 0.476 e. The molecule has 0 bridgehead atoms. The summed E-state index contributed by atoms with van der Waals surface area (Å²) in [4.78, 5) is 26.7. The van der Waals surface area contributed by atoms with Crippen molar-refractivity contribution in [2.75, 3.05) is 0 Å². The van der Waals surface area contributed by atoms with E-state index in [1.165, 1.54) is 23.6 Å². The van der Waals surface area contributed by atoms with E-state index in [2.05, 4.69) is 26.2 Å². The molecule has 21 heavy (non-hydrogen) atoms. The van der Waals surface area contributed by atoms with E-state index >= 15 is 0 Å². The number of nitrogens with one attached hydrogen (secondary N) is 1. The van der Waals surface area contributed by atoms with Crippen LogP contribution in [0.15, 0.2) is 28.1 Å². The molecule has 8 heteroatoms. The first kappa shape index (κ1) is 15.6. The predicted octanol–water partition coefficient (Wildman–Crippen LogP) is 3.23. The molecule has 0 saturated carbocycles. The number of aromatic nitrogens is 1. The Balaban J connectivity index is 2.10. The van der Waals surface area contributed by atoms with E-state index < -0.39 is 23.7 Å². The highest BCUT2D eigenvalue weighted by Gasteiger charge is 2.17. The number of carbonyl (C=O) groups excluding carboxylic acids is 1. The lowest BCUT2D eigenvalue weighted by Gasteiger charge is -2.11. The highest BCUT2D eigenvalue weighted by atomic mass is 79.9. The maximum absolute atomic E-state index is 13.1. The zero-order valence-corrected chi connectivity index (χ0v) is 13.2. The molecule has 1 aromatic heterocycles. The molecule has 1 heterocycles. The van der Waals surface area contributed by atoms with Crippen LogP contribution in [0.5, 0.6) is 0 Å². The van der Waals surface area contributed by atoms with Crippen molar-refractivity contribution in [3.05, 3.63) is 50.1 Å². The Morgan fingerprint density at radius 1 is 1.48 bits per heavy atom. The number of halogens is 2. The first-order chi connectivity index (χ1) is 9.88. The summed E-state index contributed by atoms with van der Waals surface area (Å²) in [7, 11) is 0. The third-order valence-corrected chi connectivity index (χ3v) is 4.28. The van der Waals surface area contributed by atoms with Gasteiger partial charge in [0, 0.05) is 10.9 Å². The number of nitrogens with zero attached hydrogens (tertiary/aromatic N) is 1. The molecule has 0 aliphatic heterocycles. The van der Waals surface area contributed by atoms with Gasteiger partial charge in [-0.25, -0.2) is 14.2 Å². The number of carboxylic acid groups (broad SMARTS) is 1. The monoisotopic (exact) mass is 372 g/mol. The van der Waals surface area contributed by atoms with Crippen LogP contribution in [0.4, 0.5) is 4.39 Å². The number of carbonyl (C=O) groups is 2. The van der Waals surface area contributed by atoms with Crippen LogP contribution in [0.2, 0.25) is 0 Å². The molecule has 0 aliphatic rings. The van der Waals surface area contributed by atoms with Crippen molar-refractivity contribution in [2.45, 2.75) is 13.0 Å². The smallest absolute Gasteiger partial charge is 0.355 e. The molecule has 1 unspecified atom stereocenters. The van der Waals surface area contributed by atoms with Crippen LogP contribution in [-0.2, 0) is 0 Å². The van der Waals surface area contributed by atoms with Crippen LogP contribution in [0.1, 0.15) is 38.8 Å². The topological polar surface area (TPSA) is 79.3 Å². The molecule has 5 nitrogen and oxygen atoms in total. The molecule has 1 atom stereocenters. The minimum atomic E-state index is -1.11. The van der Waals surface area contributed by atoms with E-state index in [0.29, 0.717) is 10.6 Å². The fourth-order valence-corrected chi connectivity index (χ4v) is 2.74. The SMILES string of the molecule is CC(NC(=O)c1ccc(F)c(Br)c1)c1nc(C(=O)O)cs1. The van der Waals surface area contributed by atoms with Gasteiger partial charge in [-0.2, -0.15) is 0 Å². The summed E-state index contributed by atoms with van der Waals surface area (Å²) in [6.07, 6.45) is 0. The van der Waals surface area contributed by atoms with Crippen LogP contribution in [0.3, 0.4) is 0 Å². The molecule has 0 radical (unpaired) electrons. The minimum absolute atomic E-state index is 0.0550. The predicted molar refractivity (Wildman–Crippen MR) is 79.1 cm³/mol. The molecule has 2 rings (SSSR count). The Hall–Kier alpha value is -1.80. The summed E-state index contributed by atoms with van der Waals surface area (Å²) in [6, 6.07) is 3.49. The summed E-state index contributed by atoms with van der Waals surface area (Å²) >= 11 is 4.17. The maximum Gasteiger partial charge on any atom is 0.355 e. The Labute approximate surface area is 132 Å². The van der Waals surface area contributed by atoms with Crippen LogP contribution in [0, 0.1) is 5.82 Å². The van der Waals surface area contributed by atoms with Gasteiger partial charge in [0.2, 0.25) is 0 Å². The number of hydrogen-bond acceptors (Lipinski definition) is 4. The van der Waals surface area contributed by atoms with Crippen molar-refractivity contribution in [2.24, 2.45) is 0 Å². The third-order valence-electron chi connectivity index (χ3n) is 2.64. The Kier molecular flexibility index (Phi) is 4.69. The zero-order valence-electron chi connectivity index (χ0n) is 10.8. The number of benzene rings is 1. The molecular weight excluding hydrogens is 363 g/mol. The highest BCUT2D eigenvalue weighted by molar-refractivity contribution is 9.10. The first-order valence-electron chi connectivity index (χ1n) is 5.83. The number of hydrogen-bond donors (Lipinski definition) is 2. The fraction of sp³-hybridized carbons (Fsp3) is 0.154. The van der Waals surface area contributed by atoms with E-state index in [1.54, 1.807) is 6.92 Å². The molecule has 0 saturated heterocycles. The van der Waals surface area contributed by atoms with Crippen LogP contribution >= 0.6 is 27.3 Å². The Morgan fingerprint density at radius 3 is 2.76 bits per heavy atom. The molecule has 1 aromatic carbocycles. The van der Waals surface area contributed by atoms with Crippen LogP contribution < -0.4 is 5.32 Å². The molecule has 0 fully saturated rings. The zero-order chi connectivity index (χ0) is 15.6. The van der Waals surface area contributed by atoms with E-state index in [4.69, 9.17) is 5.11 Å². The van der Waals surface area contributed by atoms with Gasteiger partial charge in [-0.15, -0.1) is 11.3 Å². The van der Waals surface area contributed by atoms with E-state index in [-0.39, 0.29) is 10.2 Å². The molecule has 2 N–H and O–H groups in total. The second-order valence-electron chi connectivity index (χ2n) is 4.20. The van der Waals surface area contributed by atoms with Crippen LogP contribution in [-0.4, -0.2) is 22.0 Å². The second kappa shape index (κ2) is 6.31. The fourth-order valence-electron chi connectivity index (χ4n) is 1.56. The second-order valence-corrected chi connectivity index (χ2v) is 5.94. The molecule has 0 aliphatic carbocycles. The van der Waals surface area contributed by atoms with E-state index in [0.717, 1.165) is 11.3 Å². The van der Waals surface area contributed by atoms with Crippen molar-refractivity contribution in [3.63, 3.8) is 0 Å². The van der Waals surface area contributed by atoms with Gasteiger partial charge in [0.05, 0.1) is 10.5 Å². The summed E-state index contributed by atoms with van der Waals surface area (Å²) < 4.78 is 13.3. The van der Waals surface area contributed by atoms with Crippen molar-refractivity contribution >= 4 is 39.1 Å². The summed E-state index contributed by atoms with van der Waals surface area (Å²) in [5.74, 6) is -1.96. The number of carboxylic acids is 1. The van der Waals surface area contributed by atoms with Crippen molar-refractivity contribution in [1.29, 1.82) is 0 Å². The van der Waals surface area contributed by atoms with Gasteiger partial charge >= 0.3 is 5.97 Å². The standard InChI is InChI=1S/C13H10BrFN2O3S/c1-6(12-17-10(5-21-12)13(19)20)16-11(18)7-2-3-9(15)8(14)4-7/h2-6H,1H3,(H,16,18)(H,19,20). The summed E-state index contributed by atoms with van der Waals surface area (Å²) in [5, 5.41) is 13.4. The molecular formula is C13H10BrFN2O3S. The van der Waals surface area contributed by atoms with Gasteiger partial charge in [0.15, 0.2) is 5.69 Å². The van der Waals surface area contributed by atoms with Gasteiger partial charge in [0.1, 0.15) is 10.8 Å². The van der Waals surface area contributed by atoms with Gasteiger partial charge in [-0.1, -0.05) is 0 Å². The van der Waals surface area contributed by atoms with Crippen molar-refractivity contribution < 1.29 is 19.1 Å². The van der Waals surface area contributed by atoms with Gasteiger partial charge in [-0.05, 0) is 41.1 Å². The van der Waals surface area contributed by atoms with Gasteiger partial charge in [0.25, 0.3) is 5.91 Å². The van der Waals surface area contributed by atoms with E-state index in [9.17, 15) is 14.0 Å². The Bertz CT molecular complexity index is 704. The average Bonchev–Trinajstić information content (AvgIpc) is 2.91. The lowest BCUT2D eigenvalue weighted by Crippen LogP contribution is -2.26. The normalized spacial score (nSPS) is 12.0. The lowest BCUT2D eigenvalue weighted by molar-refractivity contribution is 0.0691. The molecule has 2 aromatic rings. The first-order valence-corrected chi connectivity index (χ1v) is 7.50. The highest BCUT2D eigenvalue weighted by Crippen LogP contribution is 2.20. The summed E-state index contributed by atoms with van der Waals surface area (Å²) in [6.45, 7) is 1.70. The van der Waals surface area contributed by atoms with Crippen molar-refractivity contribution in [1.82, 2.24) is 10.3 Å². The van der Waals surface area contributed by atoms with Gasteiger partial charge < -0.3 is 10.4 Å². The molecule has 0 spiro atoms. The van der Waals surface area contributed by atoms with E-state index in [1.807, 2.05) is 0 Å². The maximum atomic E-state index is 13.1.